The number of hydrogen-bond donors (Lipinski definition) is 0. The first-order chi connectivity index (χ1) is 5.24. The van der Waals surface area contributed by atoms with Gasteiger partial charge in [-0.15, -0.1) is 0 Å². The Hall–Kier alpha value is 0.110. The minimum Gasteiger partial charge on any atom is -0.260 e. The fraction of sp³-hybridized carbons (Fsp3) is 0.375. The summed E-state index contributed by atoms with van der Waals surface area (Å²) in [6, 6.07) is 4.05. The van der Waals surface area contributed by atoms with E-state index in [0.717, 1.165) is 15.5 Å². The molecule has 0 N–H and O–H groups in total. The van der Waals surface area contributed by atoms with Crippen LogP contribution >= 0.6 is 31.9 Å². The lowest BCUT2D eigenvalue weighted by Gasteiger charge is -2.05. The zero-order valence-electron chi connectivity index (χ0n) is 6.22. The van der Waals surface area contributed by atoms with E-state index in [2.05, 4.69) is 43.8 Å². The Morgan fingerprint density at radius 2 is 2.27 bits per heavy atom. The number of alkyl halides is 1. The molecule has 3 heteroatoms. The minimum absolute atomic E-state index is 0.489. The van der Waals surface area contributed by atoms with Gasteiger partial charge in [-0.1, -0.05) is 22.9 Å². The van der Waals surface area contributed by atoms with E-state index in [1.54, 1.807) is 0 Å². The Kier molecular flexibility index (Phi) is 3.52. The van der Waals surface area contributed by atoms with Gasteiger partial charge in [-0.3, -0.25) is 4.98 Å². The number of rotatable bonds is 2. The van der Waals surface area contributed by atoms with Gasteiger partial charge < -0.3 is 0 Å². The molecule has 0 aliphatic rings. The van der Waals surface area contributed by atoms with Gasteiger partial charge in [-0.2, -0.15) is 0 Å². The van der Waals surface area contributed by atoms with Crippen molar-refractivity contribution in [1.82, 2.24) is 4.98 Å². The summed E-state index contributed by atoms with van der Waals surface area (Å²) >= 11 is 6.76. The molecule has 0 fully saturated rings. The first-order valence-electron chi connectivity index (χ1n) is 3.41. The van der Waals surface area contributed by atoms with Gasteiger partial charge in [0, 0.05) is 27.6 Å². The lowest BCUT2D eigenvalue weighted by Crippen LogP contribution is -1.96. The quantitative estimate of drug-likeness (QED) is 0.756. The normalized spacial score (nSPS) is 13.0. The van der Waals surface area contributed by atoms with Gasteiger partial charge in [0.15, 0.2) is 0 Å². The highest BCUT2D eigenvalue weighted by atomic mass is 79.9. The molecule has 1 atom stereocenters. The second kappa shape index (κ2) is 4.21. The maximum atomic E-state index is 4.27. The van der Waals surface area contributed by atoms with Crippen LogP contribution in [0.2, 0.25) is 0 Å². The van der Waals surface area contributed by atoms with Crippen LogP contribution < -0.4 is 0 Å². The summed E-state index contributed by atoms with van der Waals surface area (Å²) in [6.07, 6.45) is 1.83. The molecule has 0 aromatic carbocycles. The molecule has 0 amide bonds. The van der Waals surface area contributed by atoms with E-state index in [9.17, 15) is 0 Å². The van der Waals surface area contributed by atoms with Crippen molar-refractivity contribution in [2.45, 2.75) is 12.8 Å². The van der Waals surface area contributed by atoms with Gasteiger partial charge >= 0.3 is 0 Å². The molecule has 0 aliphatic carbocycles. The summed E-state index contributed by atoms with van der Waals surface area (Å²) in [5, 5.41) is 0.960. The van der Waals surface area contributed by atoms with Gasteiger partial charge in [0.2, 0.25) is 0 Å². The van der Waals surface area contributed by atoms with Crippen molar-refractivity contribution in [3.05, 3.63) is 28.5 Å². The van der Waals surface area contributed by atoms with E-state index in [1.165, 1.54) is 0 Å². The maximum absolute atomic E-state index is 4.27. The molecule has 1 heterocycles. The molecule has 0 spiro atoms. The van der Waals surface area contributed by atoms with Gasteiger partial charge in [0.1, 0.15) is 0 Å². The van der Waals surface area contributed by atoms with Gasteiger partial charge in [-0.05, 0) is 28.1 Å². The van der Waals surface area contributed by atoms with Gasteiger partial charge in [0.05, 0.1) is 0 Å². The van der Waals surface area contributed by atoms with Crippen molar-refractivity contribution in [1.29, 1.82) is 0 Å². The summed E-state index contributed by atoms with van der Waals surface area (Å²) in [7, 11) is 0. The van der Waals surface area contributed by atoms with Crippen molar-refractivity contribution in [3.63, 3.8) is 0 Å². The predicted molar refractivity (Wildman–Crippen MR) is 54.1 cm³/mol. The van der Waals surface area contributed by atoms with Crippen LogP contribution in [0.15, 0.2) is 22.8 Å². The van der Waals surface area contributed by atoms with Crippen molar-refractivity contribution in [2.75, 3.05) is 5.33 Å². The lowest BCUT2D eigenvalue weighted by atomic mass is 10.1. The summed E-state index contributed by atoms with van der Waals surface area (Å²) in [5.41, 5.74) is 1.13. The predicted octanol–water partition coefficient (Wildman–Crippen LogP) is 3.34. The van der Waals surface area contributed by atoms with Crippen LogP contribution in [0.4, 0.5) is 0 Å². The number of hydrogen-bond acceptors (Lipinski definition) is 1. The molecule has 1 unspecified atom stereocenters. The minimum atomic E-state index is 0.489. The van der Waals surface area contributed by atoms with Crippen LogP contribution in [0.5, 0.6) is 0 Å². The second-order valence-corrected chi connectivity index (χ2v) is 4.02. The zero-order valence-corrected chi connectivity index (χ0v) is 9.39. The Morgan fingerprint density at radius 3 is 2.73 bits per heavy atom. The summed E-state index contributed by atoms with van der Waals surface area (Å²) < 4.78 is 1.03. The van der Waals surface area contributed by atoms with Crippen LogP contribution in [0.25, 0.3) is 0 Å². The smallest absolute Gasteiger partial charge is 0.0440 e. The maximum Gasteiger partial charge on any atom is 0.0440 e. The number of pyridine rings is 1. The van der Waals surface area contributed by atoms with Crippen LogP contribution in [0.1, 0.15) is 18.5 Å². The van der Waals surface area contributed by atoms with E-state index in [-0.39, 0.29) is 0 Å². The highest BCUT2D eigenvalue weighted by Gasteiger charge is 2.03. The molecule has 11 heavy (non-hydrogen) atoms. The van der Waals surface area contributed by atoms with E-state index in [1.807, 2.05) is 18.3 Å². The molecule has 0 aliphatic heterocycles. The molecule has 0 radical (unpaired) electrons. The fourth-order valence-electron chi connectivity index (χ4n) is 0.758. The van der Waals surface area contributed by atoms with Crippen LogP contribution in [0, 0.1) is 0 Å². The molecule has 1 aromatic heterocycles. The van der Waals surface area contributed by atoms with Crippen molar-refractivity contribution in [3.8, 4) is 0 Å². The lowest BCUT2D eigenvalue weighted by molar-refractivity contribution is 0.840. The average molecular weight is 279 g/mol. The number of aromatic nitrogens is 1. The topological polar surface area (TPSA) is 12.9 Å². The molecule has 60 valence electrons. The average Bonchev–Trinajstić information content (AvgIpc) is 2.05. The van der Waals surface area contributed by atoms with Crippen molar-refractivity contribution >= 4 is 31.9 Å². The Bertz CT molecular complexity index is 220. The number of nitrogens with zero attached hydrogens (tertiary/aromatic N) is 1. The monoisotopic (exact) mass is 277 g/mol. The first kappa shape index (κ1) is 9.20. The van der Waals surface area contributed by atoms with E-state index < -0.39 is 0 Å². The summed E-state index contributed by atoms with van der Waals surface area (Å²) in [4.78, 5) is 4.27. The van der Waals surface area contributed by atoms with Gasteiger partial charge in [-0.25, -0.2) is 0 Å². The zero-order chi connectivity index (χ0) is 8.27. The van der Waals surface area contributed by atoms with Crippen LogP contribution in [-0.4, -0.2) is 10.3 Å². The third kappa shape index (κ3) is 2.56. The highest BCUT2D eigenvalue weighted by Crippen LogP contribution is 2.16. The summed E-state index contributed by atoms with van der Waals surface area (Å²) in [6.45, 7) is 2.14. The molecule has 0 saturated heterocycles. The number of halogens is 2. The molecular weight excluding hydrogens is 270 g/mol. The Balaban J connectivity index is 2.81. The van der Waals surface area contributed by atoms with E-state index >= 15 is 0 Å². The van der Waals surface area contributed by atoms with Crippen LogP contribution in [-0.2, 0) is 0 Å². The Labute approximate surface area is 83.5 Å². The fourth-order valence-corrected chi connectivity index (χ4v) is 1.32. The highest BCUT2D eigenvalue weighted by molar-refractivity contribution is 9.10. The summed E-state index contributed by atoms with van der Waals surface area (Å²) in [5.74, 6) is 0.489. The molecular formula is C8H9Br2N. The van der Waals surface area contributed by atoms with E-state index in [0.29, 0.717) is 5.92 Å². The molecule has 0 bridgehead atoms. The van der Waals surface area contributed by atoms with Crippen molar-refractivity contribution in [2.24, 2.45) is 0 Å². The third-order valence-corrected chi connectivity index (χ3v) is 2.93. The van der Waals surface area contributed by atoms with Gasteiger partial charge in [0.25, 0.3) is 0 Å². The van der Waals surface area contributed by atoms with Crippen LogP contribution in [0.3, 0.4) is 0 Å². The molecule has 1 nitrogen and oxygen atoms in total. The Morgan fingerprint density at radius 1 is 1.55 bits per heavy atom. The SMILES string of the molecule is CC(CBr)c1ccc(Br)cn1. The molecule has 1 rings (SSSR count). The van der Waals surface area contributed by atoms with E-state index in [4.69, 9.17) is 0 Å². The second-order valence-electron chi connectivity index (χ2n) is 2.46. The third-order valence-electron chi connectivity index (χ3n) is 1.49. The van der Waals surface area contributed by atoms with Crippen molar-refractivity contribution < 1.29 is 0 Å². The molecule has 1 aromatic rings. The largest absolute Gasteiger partial charge is 0.260 e. The standard InChI is InChI=1S/C8H9Br2N/c1-6(4-9)8-3-2-7(10)5-11-8/h2-3,5-6H,4H2,1H3. The molecule has 0 saturated carbocycles. The first-order valence-corrected chi connectivity index (χ1v) is 5.33.